The lowest BCUT2D eigenvalue weighted by Crippen LogP contribution is -2.53. The maximum atomic E-state index is 2.58. The highest BCUT2D eigenvalue weighted by molar-refractivity contribution is 5.03. The first kappa shape index (κ1) is 16.8. The van der Waals surface area contributed by atoms with Crippen molar-refractivity contribution in [3.05, 3.63) is 0 Å². The summed E-state index contributed by atoms with van der Waals surface area (Å²) >= 11 is 0. The first-order valence-corrected chi connectivity index (χ1v) is 10.1. The molecule has 3 aliphatic carbocycles. The molecule has 3 saturated carbocycles. The first-order chi connectivity index (χ1) is 10.6. The van der Waals surface area contributed by atoms with E-state index in [0.29, 0.717) is 0 Å². The molecule has 0 aromatic carbocycles. The van der Waals surface area contributed by atoms with Crippen molar-refractivity contribution in [1.82, 2.24) is 4.90 Å². The molecular weight excluding hydrogens is 268 g/mol. The largest absolute Gasteiger partial charge is 0.324 e. The molecule has 0 radical (unpaired) electrons. The van der Waals surface area contributed by atoms with Gasteiger partial charge in [0.1, 0.15) is 0 Å². The van der Waals surface area contributed by atoms with Gasteiger partial charge in [0.15, 0.2) is 0 Å². The van der Waals surface area contributed by atoms with Crippen molar-refractivity contribution in [2.45, 2.75) is 47.0 Å². The van der Waals surface area contributed by atoms with Crippen molar-refractivity contribution in [3.8, 4) is 0 Å². The van der Waals surface area contributed by atoms with Gasteiger partial charge in [-0.15, -0.1) is 0 Å². The minimum absolute atomic E-state index is 0.990. The van der Waals surface area contributed by atoms with Crippen LogP contribution in [0.25, 0.3) is 0 Å². The molecule has 1 heterocycles. The molecule has 6 atom stereocenters. The Hall–Kier alpha value is -0.0800. The fourth-order valence-corrected chi connectivity index (χ4v) is 6.76. The molecule has 0 N–H and O–H groups in total. The van der Waals surface area contributed by atoms with E-state index in [2.05, 4.69) is 39.6 Å². The highest BCUT2D eigenvalue weighted by Crippen LogP contribution is 2.59. The molecule has 0 aromatic heterocycles. The zero-order chi connectivity index (χ0) is 15.9. The predicted octanol–water partition coefficient (Wildman–Crippen LogP) is 3.72. The Morgan fingerprint density at radius 1 is 0.818 bits per heavy atom. The highest BCUT2D eigenvalue weighted by atomic mass is 15.4. The molecule has 6 unspecified atom stereocenters. The van der Waals surface area contributed by atoms with Crippen LogP contribution in [0.2, 0.25) is 0 Å². The molecule has 0 amide bonds. The van der Waals surface area contributed by atoms with Crippen molar-refractivity contribution < 1.29 is 4.48 Å². The van der Waals surface area contributed by atoms with Crippen LogP contribution in [0.5, 0.6) is 0 Å². The van der Waals surface area contributed by atoms with Gasteiger partial charge >= 0.3 is 0 Å². The molecule has 2 bridgehead atoms. The summed E-state index contributed by atoms with van der Waals surface area (Å²) < 4.78 is 1.43. The van der Waals surface area contributed by atoms with E-state index in [4.69, 9.17) is 0 Å². The second-order valence-electron chi connectivity index (χ2n) is 8.66. The van der Waals surface area contributed by atoms with Crippen LogP contribution < -0.4 is 0 Å². The van der Waals surface area contributed by atoms with E-state index in [1.807, 2.05) is 0 Å². The predicted molar refractivity (Wildman–Crippen MR) is 94.7 cm³/mol. The van der Waals surface area contributed by atoms with Crippen molar-refractivity contribution >= 4 is 0 Å². The van der Waals surface area contributed by atoms with Crippen LogP contribution in [0.1, 0.15) is 47.0 Å². The molecule has 1 aliphatic heterocycles. The molecule has 0 aromatic rings. The number of rotatable bonds is 6. The third-order valence-corrected chi connectivity index (χ3v) is 8.20. The van der Waals surface area contributed by atoms with E-state index in [0.717, 1.165) is 35.5 Å². The summed E-state index contributed by atoms with van der Waals surface area (Å²) in [5.41, 5.74) is 0. The number of likely N-dealkylation sites (tertiary alicyclic amines) is 1. The lowest BCUT2D eigenvalue weighted by atomic mass is 9.50. The second-order valence-corrected chi connectivity index (χ2v) is 8.66. The van der Waals surface area contributed by atoms with Gasteiger partial charge < -0.3 is 9.38 Å². The van der Waals surface area contributed by atoms with Gasteiger partial charge in [0, 0.05) is 18.4 Å². The van der Waals surface area contributed by atoms with Gasteiger partial charge in [0.2, 0.25) is 0 Å². The summed E-state index contributed by atoms with van der Waals surface area (Å²) in [6.07, 6.45) is 4.51. The molecule has 2 nitrogen and oxygen atoms in total. The summed E-state index contributed by atoms with van der Waals surface area (Å²) in [4.78, 5) is 2.58. The van der Waals surface area contributed by atoms with E-state index in [9.17, 15) is 0 Å². The second kappa shape index (κ2) is 6.43. The zero-order valence-corrected chi connectivity index (χ0v) is 15.7. The van der Waals surface area contributed by atoms with Gasteiger partial charge in [-0.1, -0.05) is 20.3 Å². The zero-order valence-electron chi connectivity index (χ0n) is 15.7. The number of quaternary nitrogens is 1. The molecule has 1 saturated heterocycles. The summed E-state index contributed by atoms with van der Waals surface area (Å²) in [5.74, 6) is 6.20. The average Bonchev–Trinajstić information content (AvgIpc) is 2.97. The van der Waals surface area contributed by atoms with Crippen molar-refractivity contribution in [3.63, 3.8) is 0 Å². The van der Waals surface area contributed by atoms with Gasteiger partial charge in [0.25, 0.3) is 0 Å². The average molecular weight is 308 g/mol. The van der Waals surface area contributed by atoms with Crippen LogP contribution in [0, 0.1) is 35.5 Å². The van der Waals surface area contributed by atoms with E-state index in [1.165, 1.54) is 56.6 Å². The molecule has 2 heteroatoms. The number of hydrogen-bond donors (Lipinski definition) is 0. The molecule has 0 spiro atoms. The summed E-state index contributed by atoms with van der Waals surface area (Å²) in [6, 6.07) is 0. The van der Waals surface area contributed by atoms with Gasteiger partial charge in [0.05, 0.1) is 26.2 Å². The number of hydrogen-bond acceptors (Lipinski definition) is 1. The standard InChI is InChI=1S/C20H39N2/c1-6-15-16-10-11-17(18(15)12-21(5)7-2)20-14-22(8-3,9-4)13-19(16)20/h15-20H,6-14H2,1-5H3/q+1. The monoisotopic (exact) mass is 307 g/mol. The minimum Gasteiger partial charge on any atom is -0.324 e. The fourth-order valence-electron chi connectivity index (χ4n) is 6.76. The van der Waals surface area contributed by atoms with Gasteiger partial charge in [-0.05, 0) is 64.0 Å². The van der Waals surface area contributed by atoms with Crippen LogP contribution >= 0.6 is 0 Å². The van der Waals surface area contributed by atoms with Crippen molar-refractivity contribution in [2.75, 3.05) is 46.3 Å². The van der Waals surface area contributed by atoms with Crippen molar-refractivity contribution in [1.29, 1.82) is 0 Å². The Balaban J connectivity index is 1.83. The SMILES string of the molecule is CCC1C2CCC(C1CN(C)CC)C1C[N+](CC)(CC)CC21. The van der Waals surface area contributed by atoms with Crippen LogP contribution in [0.3, 0.4) is 0 Å². The summed E-state index contributed by atoms with van der Waals surface area (Å²) in [7, 11) is 2.33. The Morgan fingerprint density at radius 3 is 1.82 bits per heavy atom. The Kier molecular flexibility index (Phi) is 4.90. The molecule has 4 fully saturated rings. The van der Waals surface area contributed by atoms with Crippen molar-refractivity contribution in [2.24, 2.45) is 35.5 Å². The quantitative estimate of drug-likeness (QED) is 0.676. The van der Waals surface area contributed by atoms with Crippen LogP contribution in [0.4, 0.5) is 0 Å². The first-order valence-electron chi connectivity index (χ1n) is 10.1. The maximum absolute atomic E-state index is 2.58. The third kappa shape index (κ3) is 2.55. The Labute approximate surface area is 138 Å². The molecule has 4 aliphatic rings. The highest BCUT2D eigenvalue weighted by Gasteiger charge is 2.59. The van der Waals surface area contributed by atoms with Crippen LogP contribution in [0.15, 0.2) is 0 Å². The minimum atomic E-state index is 0.990. The Bertz CT molecular complexity index is 376. The fraction of sp³-hybridized carbons (Fsp3) is 1.00. The smallest absolute Gasteiger partial charge is 0.0822 e. The Morgan fingerprint density at radius 2 is 1.36 bits per heavy atom. The topological polar surface area (TPSA) is 3.24 Å². The lowest BCUT2D eigenvalue weighted by Gasteiger charge is -2.54. The maximum Gasteiger partial charge on any atom is 0.0822 e. The van der Waals surface area contributed by atoms with Gasteiger partial charge in [-0.25, -0.2) is 0 Å². The number of fused-ring (bicyclic) bond motifs is 2. The summed E-state index contributed by atoms with van der Waals surface area (Å²) in [5, 5.41) is 0. The molecule has 4 rings (SSSR count). The van der Waals surface area contributed by atoms with E-state index in [1.54, 1.807) is 6.42 Å². The number of nitrogens with zero attached hydrogens (tertiary/aromatic N) is 2. The van der Waals surface area contributed by atoms with Gasteiger partial charge in [-0.2, -0.15) is 0 Å². The van der Waals surface area contributed by atoms with Crippen LogP contribution in [-0.2, 0) is 0 Å². The van der Waals surface area contributed by atoms with E-state index >= 15 is 0 Å². The molecule has 22 heavy (non-hydrogen) atoms. The van der Waals surface area contributed by atoms with E-state index < -0.39 is 0 Å². The third-order valence-electron chi connectivity index (χ3n) is 8.20. The van der Waals surface area contributed by atoms with Gasteiger partial charge in [-0.3, -0.25) is 0 Å². The molecule has 128 valence electrons. The normalized spacial score (nSPS) is 42.8. The van der Waals surface area contributed by atoms with Crippen LogP contribution in [-0.4, -0.2) is 55.7 Å². The van der Waals surface area contributed by atoms with E-state index in [-0.39, 0.29) is 0 Å². The lowest BCUT2D eigenvalue weighted by molar-refractivity contribution is -0.916. The summed E-state index contributed by atoms with van der Waals surface area (Å²) in [6.45, 7) is 17.9. The molecular formula is C20H39N2+.